The molecule has 2 rings (SSSR count). The van der Waals surface area contributed by atoms with Gasteiger partial charge in [-0.15, -0.1) is 0 Å². The normalized spacial score (nSPS) is 43.5. The van der Waals surface area contributed by atoms with E-state index in [2.05, 4.69) is 0 Å². The lowest BCUT2D eigenvalue weighted by Crippen LogP contribution is -2.62. The Balaban J connectivity index is 2.08. The van der Waals surface area contributed by atoms with Crippen LogP contribution < -0.4 is 0 Å². The minimum Gasteiger partial charge on any atom is -0.394 e. The quantitative estimate of drug-likeness (QED) is 0.128. The van der Waals surface area contributed by atoms with Gasteiger partial charge in [-0.3, -0.25) is 0 Å². The molecule has 33 heavy (non-hydrogen) atoms. The third kappa shape index (κ3) is 6.41. The fourth-order valence-corrected chi connectivity index (χ4v) is 3.47. The van der Waals surface area contributed by atoms with E-state index in [1.54, 1.807) is 0 Å². The SMILES string of the molecule is C[C@H](O)[C@H](O[C@@H]1O[C@H](CO[C@H]2O[C@H](CO)[C@H](O)[C@H](O)[C@H]2O)[C@@H](O)[C@H](O)[C@@H]1O)[C@@H](O)[C@@H](O)C=O. The topological polar surface area (TPSA) is 256 Å². The Morgan fingerprint density at radius 1 is 0.818 bits per heavy atom. The Hall–Kier alpha value is -0.890. The summed E-state index contributed by atoms with van der Waals surface area (Å²) in [5.41, 5.74) is 0. The maximum atomic E-state index is 10.7. The second kappa shape index (κ2) is 12.2. The summed E-state index contributed by atoms with van der Waals surface area (Å²) >= 11 is 0. The van der Waals surface area contributed by atoms with Crippen LogP contribution in [-0.2, 0) is 23.7 Å². The van der Waals surface area contributed by atoms with Crippen molar-refractivity contribution in [1.29, 1.82) is 0 Å². The van der Waals surface area contributed by atoms with Gasteiger partial charge in [-0.2, -0.15) is 0 Å². The van der Waals surface area contributed by atoms with Gasteiger partial charge < -0.3 is 74.8 Å². The molecule has 0 bridgehead atoms. The number of ether oxygens (including phenoxy) is 4. The first-order chi connectivity index (χ1) is 15.4. The molecule has 0 aromatic rings. The second-order valence-electron chi connectivity index (χ2n) is 8.00. The lowest BCUT2D eigenvalue weighted by Gasteiger charge is -2.43. The summed E-state index contributed by atoms with van der Waals surface area (Å²) in [6, 6.07) is 0. The number of aliphatic hydroxyl groups is 10. The van der Waals surface area contributed by atoms with Crippen LogP contribution in [0.3, 0.4) is 0 Å². The average molecular weight is 488 g/mol. The maximum Gasteiger partial charge on any atom is 0.187 e. The zero-order valence-electron chi connectivity index (χ0n) is 17.6. The van der Waals surface area contributed by atoms with Crippen molar-refractivity contribution in [3.8, 4) is 0 Å². The van der Waals surface area contributed by atoms with Gasteiger partial charge >= 0.3 is 0 Å². The molecule has 0 saturated carbocycles. The minimum absolute atomic E-state index is 0.00268. The van der Waals surface area contributed by atoms with Crippen molar-refractivity contribution in [2.75, 3.05) is 13.2 Å². The third-order valence-corrected chi connectivity index (χ3v) is 5.53. The number of hydrogen-bond donors (Lipinski definition) is 10. The molecule has 0 radical (unpaired) electrons. The van der Waals surface area contributed by atoms with E-state index in [0.29, 0.717) is 0 Å². The molecule has 0 aromatic heterocycles. The number of hydrogen-bond acceptors (Lipinski definition) is 15. The van der Waals surface area contributed by atoms with Crippen LogP contribution in [0.5, 0.6) is 0 Å². The summed E-state index contributed by atoms with van der Waals surface area (Å²) in [6.07, 6.45) is -23.6. The Morgan fingerprint density at radius 2 is 1.33 bits per heavy atom. The van der Waals surface area contributed by atoms with Crippen molar-refractivity contribution in [3.05, 3.63) is 0 Å². The van der Waals surface area contributed by atoms with Gasteiger partial charge in [-0.1, -0.05) is 0 Å². The highest BCUT2D eigenvalue weighted by Gasteiger charge is 2.48. The van der Waals surface area contributed by atoms with E-state index in [1.165, 1.54) is 0 Å². The molecule has 2 fully saturated rings. The molecule has 194 valence electrons. The Morgan fingerprint density at radius 3 is 1.85 bits per heavy atom. The van der Waals surface area contributed by atoms with Crippen molar-refractivity contribution in [2.24, 2.45) is 0 Å². The molecular weight excluding hydrogens is 456 g/mol. The van der Waals surface area contributed by atoms with Crippen LogP contribution >= 0.6 is 0 Å². The number of carbonyl (C=O) groups is 1. The van der Waals surface area contributed by atoms with E-state index in [0.717, 1.165) is 6.92 Å². The highest BCUT2D eigenvalue weighted by atomic mass is 16.7. The fourth-order valence-electron chi connectivity index (χ4n) is 3.47. The van der Waals surface area contributed by atoms with Crippen molar-refractivity contribution in [2.45, 2.75) is 92.8 Å². The highest BCUT2D eigenvalue weighted by molar-refractivity contribution is 5.56. The summed E-state index contributed by atoms with van der Waals surface area (Å²) in [7, 11) is 0. The number of aldehydes is 1. The third-order valence-electron chi connectivity index (χ3n) is 5.53. The highest BCUT2D eigenvalue weighted by Crippen LogP contribution is 2.27. The molecule has 2 saturated heterocycles. The van der Waals surface area contributed by atoms with Crippen LogP contribution in [0.1, 0.15) is 6.92 Å². The lowest BCUT2D eigenvalue weighted by molar-refractivity contribution is -0.342. The van der Waals surface area contributed by atoms with Crippen LogP contribution in [0.25, 0.3) is 0 Å². The molecule has 10 N–H and O–H groups in total. The first-order valence-electron chi connectivity index (χ1n) is 10.2. The summed E-state index contributed by atoms with van der Waals surface area (Å²) in [5.74, 6) is 0. The van der Waals surface area contributed by atoms with Gasteiger partial charge in [0.25, 0.3) is 0 Å². The molecule has 15 heteroatoms. The molecule has 2 heterocycles. The average Bonchev–Trinajstić information content (AvgIpc) is 2.79. The monoisotopic (exact) mass is 488 g/mol. The lowest BCUT2D eigenvalue weighted by atomic mass is 9.98. The molecule has 0 spiro atoms. The van der Waals surface area contributed by atoms with Crippen molar-refractivity contribution in [3.63, 3.8) is 0 Å². The smallest absolute Gasteiger partial charge is 0.187 e. The molecule has 0 aliphatic carbocycles. The van der Waals surface area contributed by atoms with Gasteiger partial charge in [0.05, 0.1) is 19.3 Å². The van der Waals surface area contributed by atoms with E-state index in [1.807, 2.05) is 0 Å². The van der Waals surface area contributed by atoms with Crippen molar-refractivity contribution < 1.29 is 74.8 Å². The molecule has 2 aliphatic rings. The maximum absolute atomic E-state index is 10.7. The first-order valence-corrected chi connectivity index (χ1v) is 10.2. The Labute approximate surface area is 187 Å². The number of aliphatic hydroxyl groups excluding tert-OH is 10. The minimum atomic E-state index is -1.94. The number of rotatable bonds is 10. The van der Waals surface area contributed by atoms with Gasteiger partial charge in [0.15, 0.2) is 18.9 Å². The van der Waals surface area contributed by atoms with Crippen molar-refractivity contribution in [1.82, 2.24) is 0 Å². The summed E-state index contributed by atoms with van der Waals surface area (Å²) in [5, 5.41) is 98.7. The second-order valence-corrected chi connectivity index (χ2v) is 8.00. The van der Waals surface area contributed by atoms with Crippen LogP contribution in [0.4, 0.5) is 0 Å². The van der Waals surface area contributed by atoms with Gasteiger partial charge in [0.2, 0.25) is 0 Å². The van der Waals surface area contributed by atoms with Crippen LogP contribution in [0.2, 0.25) is 0 Å². The predicted octanol–water partition coefficient (Wildman–Crippen LogP) is -6.70. The van der Waals surface area contributed by atoms with E-state index in [9.17, 15) is 55.9 Å². The zero-order chi connectivity index (χ0) is 25.0. The van der Waals surface area contributed by atoms with E-state index < -0.39 is 99.0 Å². The summed E-state index contributed by atoms with van der Waals surface area (Å²) in [6.45, 7) is -0.165. The fraction of sp³-hybridized carbons (Fsp3) is 0.944. The largest absolute Gasteiger partial charge is 0.394 e. The Bertz CT molecular complexity index is 605. The van der Waals surface area contributed by atoms with Crippen LogP contribution in [-0.4, -0.2) is 156 Å². The Kier molecular flexibility index (Phi) is 10.5. The molecule has 0 unspecified atom stereocenters. The summed E-state index contributed by atoms with van der Waals surface area (Å²) < 4.78 is 21.1. The van der Waals surface area contributed by atoms with E-state index in [-0.39, 0.29) is 6.29 Å². The van der Waals surface area contributed by atoms with Gasteiger partial charge in [-0.25, -0.2) is 0 Å². The summed E-state index contributed by atoms with van der Waals surface area (Å²) in [4.78, 5) is 10.7. The zero-order valence-corrected chi connectivity index (χ0v) is 17.6. The molecular formula is C18H32O15. The molecule has 14 atom stereocenters. The van der Waals surface area contributed by atoms with Crippen LogP contribution in [0, 0.1) is 0 Å². The van der Waals surface area contributed by atoms with Gasteiger partial charge in [0, 0.05) is 0 Å². The predicted molar refractivity (Wildman–Crippen MR) is 101 cm³/mol. The first kappa shape index (κ1) is 28.3. The molecule has 15 nitrogen and oxygen atoms in total. The standard InChI is InChI=1S/C18H32O15/c1-5(21)16(9(23)6(22)2-19)33-18-15(29)13(27)11(25)8(32-18)4-30-17-14(28)12(26)10(24)7(3-20)31-17/h2,5-18,20-29H,3-4H2,1H3/t5-,6-,7+,8+,9-,10-,11+,12-,13-,14+,15-,16-,17-,18-/m0/s1. The van der Waals surface area contributed by atoms with Gasteiger partial charge in [-0.05, 0) is 6.92 Å². The van der Waals surface area contributed by atoms with Crippen molar-refractivity contribution >= 4 is 6.29 Å². The number of carbonyl (C=O) groups excluding carboxylic acids is 1. The molecule has 0 amide bonds. The van der Waals surface area contributed by atoms with E-state index >= 15 is 0 Å². The van der Waals surface area contributed by atoms with E-state index in [4.69, 9.17) is 18.9 Å². The van der Waals surface area contributed by atoms with Gasteiger partial charge in [0.1, 0.15) is 67.1 Å². The molecule has 2 aliphatic heterocycles. The van der Waals surface area contributed by atoms with Crippen LogP contribution in [0.15, 0.2) is 0 Å². The molecule has 0 aromatic carbocycles.